The molecule has 1 heterocycles. The maximum atomic E-state index is 12.5. The molecule has 2 aromatic rings. The molecule has 1 fully saturated rings. The molecule has 1 aliphatic rings. The van der Waals surface area contributed by atoms with E-state index in [1.165, 1.54) is 6.07 Å². The Morgan fingerprint density at radius 2 is 2.00 bits per heavy atom. The Labute approximate surface area is 150 Å². The van der Waals surface area contributed by atoms with Gasteiger partial charge in [-0.3, -0.25) is 14.9 Å². The fourth-order valence-electron chi connectivity index (χ4n) is 2.97. The second-order valence-corrected chi connectivity index (χ2v) is 6.00. The van der Waals surface area contributed by atoms with Gasteiger partial charge in [-0.2, -0.15) is 0 Å². The Morgan fingerprint density at radius 3 is 2.69 bits per heavy atom. The predicted molar refractivity (Wildman–Crippen MR) is 97.9 cm³/mol. The van der Waals surface area contributed by atoms with Crippen LogP contribution in [0.4, 0.5) is 17.1 Å². The van der Waals surface area contributed by atoms with E-state index in [2.05, 4.69) is 10.6 Å². The number of rotatable bonds is 5. The molecule has 0 spiro atoms. The Balaban J connectivity index is 1.84. The number of hydrogen-bond acceptors (Lipinski definition) is 5. The molecule has 8 nitrogen and oxygen atoms in total. The van der Waals surface area contributed by atoms with Crippen molar-refractivity contribution in [3.8, 4) is 5.75 Å². The molecule has 3 rings (SSSR count). The molecule has 136 valence electrons. The highest BCUT2D eigenvalue weighted by molar-refractivity contribution is 6.05. The van der Waals surface area contributed by atoms with E-state index in [1.54, 1.807) is 43.5 Å². The number of piperazine rings is 1. The van der Waals surface area contributed by atoms with Crippen molar-refractivity contribution >= 4 is 23.0 Å². The van der Waals surface area contributed by atoms with Crippen LogP contribution in [0.5, 0.6) is 5.75 Å². The number of nitro benzene ring substituents is 1. The third kappa shape index (κ3) is 3.92. The number of nitrogens with zero attached hydrogens (tertiary/aromatic N) is 2. The SMILES string of the molecule is COc1cccc(NC(=O)c2ccc(N3CC[NH2+]CC3)c([N+](=O)[O-])c2)c1. The van der Waals surface area contributed by atoms with Gasteiger partial charge in [0.2, 0.25) is 0 Å². The highest BCUT2D eigenvalue weighted by Crippen LogP contribution is 2.29. The van der Waals surface area contributed by atoms with Crippen LogP contribution in [0.2, 0.25) is 0 Å². The number of methoxy groups -OCH3 is 1. The third-order valence-electron chi connectivity index (χ3n) is 4.31. The summed E-state index contributed by atoms with van der Waals surface area (Å²) in [6, 6.07) is 11.6. The number of quaternary nitrogens is 1. The van der Waals surface area contributed by atoms with Crippen molar-refractivity contribution in [2.45, 2.75) is 0 Å². The number of nitrogens with two attached hydrogens (primary N) is 1. The topological polar surface area (TPSA) is 101 Å². The van der Waals surface area contributed by atoms with Crippen LogP contribution >= 0.6 is 0 Å². The first-order valence-electron chi connectivity index (χ1n) is 8.39. The highest BCUT2D eigenvalue weighted by atomic mass is 16.6. The van der Waals surface area contributed by atoms with Gasteiger partial charge in [-0.15, -0.1) is 0 Å². The number of carbonyl (C=O) groups is 1. The molecule has 3 N–H and O–H groups in total. The molecule has 0 radical (unpaired) electrons. The van der Waals surface area contributed by atoms with Gasteiger partial charge in [0.15, 0.2) is 0 Å². The summed E-state index contributed by atoms with van der Waals surface area (Å²) in [5.41, 5.74) is 1.31. The molecule has 1 saturated heterocycles. The van der Waals surface area contributed by atoms with Crippen molar-refractivity contribution in [1.29, 1.82) is 0 Å². The van der Waals surface area contributed by atoms with Gasteiger partial charge in [-0.1, -0.05) is 6.07 Å². The molecule has 0 aromatic heterocycles. The minimum Gasteiger partial charge on any atom is -0.497 e. The lowest BCUT2D eigenvalue weighted by Gasteiger charge is -2.27. The molecule has 8 heteroatoms. The second-order valence-electron chi connectivity index (χ2n) is 6.00. The first kappa shape index (κ1) is 17.7. The van der Waals surface area contributed by atoms with Gasteiger partial charge in [0.25, 0.3) is 11.6 Å². The summed E-state index contributed by atoms with van der Waals surface area (Å²) in [5, 5.41) is 16.4. The van der Waals surface area contributed by atoms with Gasteiger partial charge in [0.1, 0.15) is 11.4 Å². The Bertz CT molecular complexity index is 819. The van der Waals surface area contributed by atoms with Crippen molar-refractivity contribution in [3.63, 3.8) is 0 Å². The second kappa shape index (κ2) is 7.83. The predicted octanol–water partition coefficient (Wildman–Crippen LogP) is 1.24. The molecule has 0 unspecified atom stereocenters. The summed E-state index contributed by atoms with van der Waals surface area (Å²) in [6.45, 7) is 3.29. The summed E-state index contributed by atoms with van der Waals surface area (Å²) in [5.74, 6) is 0.214. The largest absolute Gasteiger partial charge is 0.497 e. The minimum absolute atomic E-state index is 0.0507. The minimum atomic E-state index is -0.435. The first-order chi connectivity index (χ1) is 12.6. The lowest BCUT2D eigenvalue weighted by Crippen LogP contribution is -2.89. The zero-order valence-electron chi connectivity index (χ0n) is 14.5. The van der Waals surface area contributed by atoms with Gasteiger partial charge >= 0.3 is 0 Å². The zero-order chi connectivity index (χ0) is 18.5. The number of hydrogen-bond donors (Lipinski definition) is 2. The van der Waals surface area contributed by atoms with Crippen molar-refractivity contribution < 1.29 is 19.8 Å². The summed E-state index contributed by atoms with van der Waals surface area (Å²) in [6.07, 6.45) is 0. The van der Waals surface area contributed by atoms with Gasteiger partial charge in [0.05, 0.1) is 38.2 Å². The number of benzene rings is 2. The zero-order valence-corrected chi connectivity index (χ0v) is 14.5. The average molecular weight is 357 g/mol. The molecule has 0 atom stereocenters. The van der Waals surface area contributed by atoms with E-state index in [0.29, 0.717) is 17.1 Å². The Hall–Kier alpha value is -3.13. The van der Waals surface area contributed by atoms with Crippen LogP contribution in [-0.4, -0.2) is 44.1 Å². The smallest absolute Gasteiger partial charge is 0.293 e. The van der Waals surface area contributed by atoms with Crippen LogP contribution in [0.3, 0.4) is 0 Å². The molecule has 1 amide bonds. The van der Waals surface area contributed by atoms with Gasteiger partial charge in [-0.25, -0.2) is 0 Å². The number of nitrogens with one attached hydrogen (secondary N) is 1. The molecule has 0 saturated carbocycles. The lowest BCUT2D eigenvalue weighted by molar-refractivity contribution is -0.655. The van der Waals surface area contributed by atoms with Crippen LogP contribution in [0.25, 0.3) is 0 Å². The van der Waals surface area contributed by atoms with Crippen molar-refractivity contribution in [3.05, 3.63) is 58.1 Å². The Morgan fingerprint density at radius 1 is 1.23 bits per heavy atom. The van der Waals surface area contributed by atoms with E-state index < -0.39 is 10.8 Å². The van der Waals surface area contributed by atoms with E-state index in [0.717, 1.165) is 26.2 Å². The van der Waals surface area contributed by atoms with E-state index >= 15 is 0 Å². The summed E-state index contributed by atoms with van der Waals surface area (Å²) in [4.78, 5) is 25.5. The van der Waals surface area contributed by atoms with Crippen molar-refractivity contribution in [2.75, 3.05) is 43.5 Å². The van der Waals surface area contributed by atoms with Gasteiger partial charge in [-0.05, 0) is 24.3 Å². The number of anilines is 2. The summed E-state index contributed by atoms with van der Waals surface area (Å²) >= 11 is 0. The summed E-state index contributed by atoms with van der Waals surface area (Å²) in [7, 11) is 1.54. The molecular formula is C18H21N4O4+. The average Bonchev–Trinajstić information content (AvgIpc) is 2.68. The summed E-state index contributed by atoms with van der Waals surface area (Å²) < 4.78 is 5.13. The Kier molecular flexibility index (Phi) is 5.33. The first-order valence-corrected chi connectivity index (χ1v) is 8.39. The van der Waals surface area contributed by atoms with Crippen LogP contribution in [0, 0.1) is 10.1 Å². The number of carbonyl (C=O) groups excluding carboxylic acids is 1. The maximum absolute atomic E-state index is 12.5. The third-order valence-corrected chi connectivity index (χ3v) is 4.31. The van der Waals surface area contributed by atoms with E-state index in [-0.39, 0.29) is 11.3 Å². The lowest BCUT2D eigenvalue weighted by atomic mass is 10.1. The fraction of sp³-hybridized carbons (Fsp3) is 0.278. The van der Waals surface area contributed by atoms with E-state index in [1.807, 2.05) is 4.90 Å². The van der Waals surface area contributed by atoms with E-state index in [4.69, 9.17) is 4.74 Å². The fourth-order valence-corrected chi connectivity index (χ4v) is 2.97. The van der Waals surface area contributed by atoms with Crippen LogP contribution < -0.4 is 20.3 Å². The quantitative estimate of drug-likeness (QED) is 0.619. The number of amides is 1. The molecule has 0 bridgehead atoms. The van der Waals surface area contributed by atoms with E-state index in [9.17, 15) is 14.9 Å². The standard InChI is InChI=1S/C18H20N4O4/c1-26-15-4-2-3-14(12-15)20-18(23)13-5-6-16(17(11-13)22(24)25)21-9-7-19-8-10-21/h2-6,11-12,19H,7-10H2,1H3,(H,20,23)/p+1. The van der Waals surface area contributed by atoms with Gasteiger partial charge in [0, 0.05) is 23.4 Å². The number of ether oxygens (including phenoxy) is 1. The highest BCUT2D eigenvalue weighted by Gasteiger charge is 2.24. The monoisotopic (exact) mass is 357 g/mol. The molecule has 0 aliphatic carbocycles. The van der Waals surface area contributed by atoms with Crippen LogP contribution in [0.1, 0.15) is 10.4 Å². The molecular weight excluding hydrogens is 336 g/mol. The van der Waals surface area contributed by atoms with Crippen molar-refractivity contribution in [2.24, 2.45) is 0 Å². The van der Waals surface area contributed by atoms with Crippen molar-refractivity contribution in [1.82, 2.24) is 0 Å². The van der Waals surface area contributed by atoms with Gasteiger partial charge < -0.3 is 20.3 Å². The van der Waals surface area contributed by atoms with Crippen LogP contribution in [0.15, 0.2) is 42.5 Å². The molecule has 1 aliphatic heterocycles. The normalized spacial score (nSPS) is 14.0. The van der Waals surface area contributed by atoms with Crippen LogP contribution in [-0.2, 0) is 0 Å². The number of nitro groups is 1. The molecule has 26 heavy (non-hydrogen) atoms. The maximum Gasteiger partial charge on any atom is 0.293 e. The molecule has 2 aromatic carbocycles.